The number of rotatable bonds is 4. The van der Waals surface area contributed by atoms with Crippen LogP contribution >= 0.6 is 34.2 Å². The molecule has 0 N–H and O–H groups in total. The number of aryl methyl sites for hydroxylation is 2. The van der Waals surface area contributed by atoms with Crippen LogP contribution in [0, 0.1) is 3.57 Å². The van der Waals surface area contributed by atoms with Gasteiger partial charge in [0.25, 0.3) is 0 Å². The standard InChI is InChI=1S/C15H13ClIN3/c16-10-15-19-13-9-11(17)4-5-14(13)20(15)8-6-12-3-1-2-7-18-12/h1-5,7,9H,6,8,10H2. The molecule has 3 aromatic rings. The van der Waals surface area contributed by atoms with Gasteiger partial charge in [-0.3, -0.25) is 4.98 Å². The number of fused-ring (bicyclic) bond motifs is 1. The zero-order valence-corrected chi connectivity index (χ0v) is 13.7. The van der Waals surface area contributed by atoms with Crippen molar-refractivity contribution in [2.75, 3.05) is 0 Å². The lowest BCUT2D eigenvalue weighted by molar-refractivity contribution is 0.678. The lowest BCUT2D eigenvalue weighted by atomic mass is 10.2. The van der Waals surface area contributed by atoms with Crippen LogP contribution in [-0.4, -0.2) is 14.5 Å². The number of alkyl halides is 1. The fraction of sp³-hybridized carbons (Fsp3) is 0.200. The van der Waals surface area contributed by atoms with Crippen molar-refractivity contribution < 1.29 is 0 Å². The van der Waals surface area contributed by atoms with Gasteiger partial charge in [-0.25, -0.2) is 4.98 Å². The van der Waals surface area contributed by atoms with Crippen molar-refractivity contribution in [3.05, 3.63) is 57.7 Å². The van der Waals surface area contributed by atoms with Crippen LogP contribution in [0.2, 0.25) is 0 Å². The Morgan fingerprint density at radius 2 is 2.10 bits per heavy atom. The summed E-state index contributed by atoms with van der Waals surface area (Å²) in [4.78, 5) is 8.97. The molecule has 0 saturated carbocycles. The Morgan fingerprint density at radius 1 is 1.20 bits per heavy atom. The van der Waals surface area contributed by atoms with E-state index in [9.17, 15) is 0 Å². The number of hydrogen-bond acceptors (Lipinski definition) is 2. The quantitative estimate of drug-likeness (QED) is 0.492. The largest absolute Gasteiger partial charge is 0.327 e. The molecule has 0 aliphatic carbocycles. The summed E-state index contributed by atoms with van der Waals surface area (Å²) in [7, 11) is 0. The van der Waals surface area contributed by atoms with E-state index in [1.165, 1.54) is 3.57 Å². The van der Waals surface area contributed by atoms with E-state index in [2.05, 4.69) is 55.3 Å². The number of aromatic nitrogens is 3. The average molecular weight is 398 g/mol. The Morgan fingerprint density at radius 3 is 2.85 bits per heavy atom. The normalized spacial score (nSPS) is 11.1. The molecule has 0 bridgehead atoms. The number of halogens is 2. The molecule has 3 rings (SSSR count). The van der Waals surface area contributed by atoms with Crippen LogP contribution in [0.5, 0.6) is 0 Å². The molecule has 1 aromatic carbocycles. The third kappa shape index (κ3) is 2.81. The summed E-state index contributed by atoms with van der Waals surface area (Å²) in [5.74, 6) is 1.34. The molecule has 0 spiro atoms. The van der Waals surface area contributed by atoms with Gasteiger partial charge in [-0.1, -0.05) is 6.07 Å². The lowest BCUT2D eigenvalue weighted by Crippen LogP contribution is -2.05. The average Bonchev–Trinajstić information content (AvgIpc) is 2.83. The predicted molar refractivity (Wildman–Crippen MR) is 89.9 cm³/mol. The van der Waals surface area contributed by atoms with Crippen molar-refractivity contribution in [1.82, 2.24) is 14.5 Å². The molecule has 3 nitrogen and oxygen atoms in total. The number of imidazole rings is 1. The van der Waals surface area contributed by atoms with Gasteiger partial charge in [0.15, 0.2) is 0 Å². The summed E-state index contributed by atoms with van der Waals surface area (Å²) in [6.45, 7) is 0.843. The maximum atomic E-state index is 6.02. The van der Waals surface area contributed by atoms with Crippen molar-refractivity contribution in [3.63, 3.8) is 0 Å². The van der Waals surface area contributed by atoms with Crippen LogP contribution in [0.1, 0.15) is 11.5 Å². The highest BCUT2D eigenvalue weighted by Crippen LogP contribution is 2.20. The highest BCUT2D eigenvalue weighted by atomic mass is 127. The lowest BCUT2D eigenvalue weighted by Gasteiger charge is -2.07. The number of benzene rings is 1. The van der Waals surface area contributed by atoms with Crippen LogP contribution in [0.15, 0.2) is 42.6 Å². The van der Waals surface area contributed by atoms with Gasteiger partial charge in [0.2, 0.25) is 0 Å². The maximum absolute atomic E-state index is 6.02. The smallest absolute Gasteiger partial charge is 0.124 e. The summed E-state index contributed by atoms with van der Waals surface area (Å²) in [6.07, 6.45) is 2.70. The molecule has 0 aliphatic heterocycles. The number of hydrogen-bond donors (Lipinski definition) is 0. The Balaban J connectivity index is 1.93. The van der Waals surface area contributed by atoms with E-state index >= 15 is 0 Å². The van der Waals surface area contributed by atoms with Crippen molar-refractivity contribution in [3.8, 4) is 0 Å². The molecular formula is C15H13ClIN3. The Kier molecular flexibility index (Phi) is 4.21. The van der Waals surface area contributed by atoms with E-state index in [-0.39, 0.29) is 0 Å². The zero-order valence-electron chi connectivity index (χ0n) is 10.8. The molecule has 2 aromatic heterocycles. The Bertz CT molecular complexity index is 725. The molecule has 0 aliphatic rings. The van der Waals surface area contributed by atoms with Gasteiger partial charge in [0, 0.05) is 28.4 Å². The van der Waals surface area contributed by atoms with E-state index in [1.54, 1.807) is 0 Å². The van der Waals surface area contributed by atoms with Gasteiger partial charge < -0.3 is 4.57 Å². The first-order chi connectivity index (χ1) is 9.78. The molecule has 0 radical (unpaired) electrons. The third-order valence-corrected chi connectivity index (χ3v) is 4.14. The fourth-order valence-corrected chi connectivity index (χ4v) is 2.96. The van der Waals surface area contributed by atoms with E-state index in [4.69, 9.17) is 11.6 Å². The van der Waals surface area contributed by atoms with Crippen LogP contribution in [0.4, 0.5) is 0 Å². The summed E-state index contributed by atoms with van der Waals surface area (Å²) in [5, 5.41) is 0. The molecule has 0 unspecified atom stereocenters. The molecule has 20 heavy (non-hydrogen) atoms. The Labute approximate surface area is 136 Å². The number of pyridine rings is 1. The number of nitrogens with zero attached hydrogens (tertiary/aromatic N) is 3. The minimum atomic E-state index is 0.424. The highest BCUT2D eigenvalue weighted by Gasteiger charge is 2.10. The molecule has 102 valence electrons. The third-order valence-electron chi connectivity index (χ3n) is 3.23. The minimum Gasteiger partial charge on any atom is -0.327 e. The van der Waals surface area contributed by atoms with Crippen molar-refractivity contribution in [2.45, 2.75) is 18.8 Å². The van der Waals surface area contributed by atoms with Crippen LogP contribution in [0.25, 0.3) is 11.0 Å². The zero-order chi connectivity index (χ0) is 13.9. The summed E-state index contributed by atoms with van der Waals surface area (Å²) >= 11 is 8.32. The van der Waals surface area contributed by atoms with Gasteiger partial charge >= 0.3 is 0 Å². The second kappa shape index (κ2) is 6.10. The molecule has 0 saturated heterocycles. The fourth-order valence-electron chi connectivity index (χ4n) is 2.28. The van der Waals surface area contributed by atoms with E-state index < -0.39 is 0 Å². The van der Waals surface area contributed by atoms with Gasteiger partial charge in [0.05, 0.1) is 16.9 Å². The van der Waals surface area contributed by atoms with Crippen molar-refractivity contribution >= 4 is 45.2 Å². The highest BCUT2D eigenvalue weighted by molar-refractivity contribution is 14.1. The van der Waals surface area contributed by atoms with Crippen molar-refractivity contribution in [2.24, 2.45) is 0 Å². The van der Waals surface area contributed by atoms with E-state index in [1.807, 2.05) is 24.4 Å². The Hall–Kier alpha value is -1.14. The molecule has 2 heterocycles. The minimum absolute atomic E-state index is 0.424. The van der Waals surface area contributed by atoms with Gasteiger partial charge in [0.1, 0.15) is 5.82 Å². The topological polar surface area (TPSA) is 30.7 Å². The summed E-state index contributed by atoms with van der Waals surface area (Å²) in [5.41, 5.74) is 3.23. The molecule has 5 heteroatoms. The maximum Gasteiger partial charge on any atom is 0.124 e. The first kappa shape index (κ1) is 13.8. The van der Waals surface area contributed by atoms with E-state index in [0.29, 0.717) is 5.88 Å². The van der Waals surface area contributed by atoms with Crippen LogP contribution in [0.3, 0.4) is 0 Å². The molecule has 0 atom stereocenters. The van der Waals surface area contributed by atoms with Crippen molar-refractivity contribution in [1.29, 1.82) is 0 Å². The molecular weight excluding hydrogens is 385 g/mol. The summed E-state index contributed by atoms with van der Waals surface area (Å²) in [6, 6.07) is 12.3. The predicted octanol–water partition coefficient (Wildman–Crippen LogP) is 4.02. The summed E-state index contributed by atoms with van der Waals surface area (Å²) < 4.78 is 3.37. The molecule has 0 fully saturated rings. The second-order valence-electron chi connectivity index (χ2n) is 4.52. The van der Waals surface area contributed by atoms with Gasteiger partial charge in [-0.2, -0.15) is 0 Å². The SMILES string of the molecule is ClCc1nc2cc(I)ccc2n1CCc1ccccn1. The van der Waals surface area contributed by atoms with E-state index in [0.717, 1.165) is 35.5 Å². The monoisotopic (exact) mass is 397 g/mol. The van der Waals surface area contributed by atoms with Crippen LogP contribution < -0.4 is 0 Å². The second-order valence-corrected chi connectivity index (χ2v) is 6.03. The first-order valence-electron chi connectivity index (χ1n) is 6.38. The first-order valence-corrected chi connectivity index (χ1v) is 8.00. The van der Waals surface area contributed by atoms with Gasteiger partial charge in [-0.15, -0.1) is 11.6 Å². The molecule has 0 amide bonds. The van der Waals surface area contributed by atoms with Gasteiger partial charge in [-0.05, 0) is 52.9 Å². The van der Waals surface area contributed by atoms with Crippen LogP contribution in [-0.2, 0) is 18.8 Å².